The lowest BCUT2D eigenvalue weighted by molar-refractivity contribution is -0.111. The van der Waals surface area contributed by atoms with E-state index in [4.69, 9.17) is 9.52 Å². The zero-order valence-electron chi connectivity index (χ0n) is 10.0. The topological polar surface area (TPSA) is 92.4 Å². The molecular formula is C13H9BrN2O4. The first-order valence-electron chi connectivity index (χ1n) is 5.48. The van der Waals surface area contributed by atoms with Crippen LogP contribution in [0.25, 0.3) is 6.08 Å². The molecule has 0 radical (unpaired) electrons. The molecule has 6 nitrogen and oxygen atoms in total. The Morgan fingerprint density at radius 2 is 2.10 bits per heavy atom. The number of anilines is 1. The Kier molecular flexibility index (Phi) is 4.31. The minimum atomic E-state index is -1.07. The molecule has 2 aromatic rings. The Labute approximate surface area is 122 Å². The first kappa shape index (κ1) is 14.0. The molecule has 0 aliphatic carbocycles. The second-order valence-corrected chi connectivity index (χ2v) is 4.48. The number of furan rings is 1. The number of carboxylic acid groups (broad SMARTS) is 1. The number of rotatable bonds is 4. The minimum Gasteiger partial charge on any atom is -0.478 e. The van der Waals surface area contributed by atoms with E-state index in [-0.39, 0.29) is 11.4 Å². The van der Waals surface area contributed by atoms with E-state index in [2.05, 4.69) is 26.2 Å². The molecule has 2 rings (SSSR count). The van der Waals surface area contributed by atoms with E-state index in [9.17, 15) is 9.59 Å². The van der Waals surface area contributed by atoms with Crippen molar-refractivity contribution in [1.29, 1.82) is 0 Å². The Bertz CT molecular complexity index is 661. The van der Waals surface area contributed by atoms with Gasteiger partial charge in [0.25, 0.3) is 0 Å². The van der Waals surface area contributed by atoms with Gasteiger partial charge in [0, 0.05) is 12.3 Å². The number of carbonyl (C=O) groups is 2. The van der Waals surface area contributed by atoms with Crippen molar-refractivity contribution in [3.05, 3.63) is 52.5 Å². The molecule has 7 heteroatoms. The third-order valence-corrected chi connectivity index (χ3v) is 2.68. The van der Waals surface area contributed by atoms with Crippen LogP contribution in [0.1, 0.15) is 16.1 Å². The Balaban J connectivity index is 1.97. The van der Waals surface area contributed by atoms with E-state index in [1.807, 2.05) is 0 Å². The second-order valence-electron chi connectivity index (χ2n) is 3.70. The number of nitrogens with zero attached hydrogens (tertiary/aromatic N) is 1. The normalized spacial score (nSPS) is 10.7. The van der Waals surface area contributed by atoms with E-state index in [1.165, 1.54) is 30.5 Å². The van der Waals surface area contributed by atoms with Gasteiger partial charge in [0.2, 0.25) is 5.91 Å². The summed E-state index contributed by atoms with van der Waals surface area (Å²) >= 11 is 3.15. The van der Waals surface area contributed by atoms with Crippen LogP contribution in [0, 0.1) is 0 Å². The highest BCUT2D eigenvalue weighted by atomic mass is 79.9. The van der Waals surface area contributed by atoms with Crippen molar-refractivity contribution in [2.24, 2.45) is 0 Å². The van der Waals surface area contributed by atoms with Crippen LogP contribution >= 0.6 is 15.9 Å². The van der Waals surface area contributed by atoms with Gasteiger partial charge < -0.3 is 14.8 Å². The molecule has 2 N–H and O–H groups in total. The SMILES string of the molecule is O=C(/C=C/c1ccc(Br)o1)Nc1ccc(C(=O)O)cn1. The van der Waals surface area contributed by atoms with Gasteiger partial charge in [-0.05, 0) is 46.3 Å². The van der Waals surface area contributed by atoms with Gasteiger partial charge in [-0.2, -0.15) is 0 Å². The van der Waals surface area contributed by atoms with E-state index in [1.54, 1.807) is 12.1 Å². The van der Waals surface area contributed by atoms with Crippen LogP contribution in [0.3, 0.4) is 0 Å². The highest BCUT2D eigenvalue weighted by molar-refractivity contribution is 9.10. The fourth-order valence-corrected chi connectivity index (χ4v) is 1.66. The molecular weight excluding hydrogens is 328 g/mol. The standard InChI is InChI=1S/C13H9BrN2O4/c14-10-4-2-9(20-10)3-6-12(17)16-11-5-1-8(7-15-11)13(18)19/h1-7H,(H,18,19)(H,15,16,17)/b6-3+. The lowest BCUT2D eigenvalue weighted by atomic mass is 10.3. The summed E-state index contributed by atoms with van der Waals surface area (Å²) in [6.07, 6.45) is 3.97. The number of carboxylic acids is 1. The predicted octanol–water partition coefficient (Wildman–Crippen LogP) is 2.79. The van der Waals surface area contributed by atoms with Crippen molar-refractivity contribution in [2.75, 3.05) is 5.32 Å². The molecule has 2 aromatic heterocycles. The van der Waals surface area contributed by atoms with E-state index < -0.39 is 11.9 Å². The van der Waals surface area contributed by atoms with Crippen LogP contribution < -0.4 is 5.32 Å². The summed E-state index contributed by atoms with van der Waals surface area (Å²) in [5.41, 5.74) is 0.0546. The van der Waals surface area contributed by atoms with Crippen molar-refractivity contribution >= 4 is 39.7 Å². The maximum atomic E-state index is 11.6. The minimum absolute atomic E-state index is 0.0546. The Morgan fingerprint density at radius 3 is 2.65 bits per heavy atom. The van der Waals surface area contributed by atoms with Gasteiger partial charge in [-0.1, -0.05) is 0 Å². The van der Waals surface area contributed by atoms with E-state index in [0.29, 0.717) is 10.4 Å². The highest BCUT2D eigenvalue weighted by Gasteiger charge is 2.04. The number of halogens is 1. The zero-order chi connectivity index (χ0) is 14.5. The van der Waals surface area contributed by atoms with Crippen LogP contribution in [-0.2, 0) is 4.79 Å². The molecule has 0 saturated carbocycles. The molecule has 0 saturated heterocycles. The Hall–Kier alpha value is -2.41. The molecule has 0 spiro atoms. The van der Waals surface area contributed by atoms with Gasteiger partial charge in [-0.25, -0.2) is 9.78 Å². The maximum Gasteiger partial charge on any atom is 0.337 e. The summed E-state index contributed by atoms with van der Waals surface area (Å²) in [6.45, 7) is 0. The predicted molar refractivity (Wildman–Crippen MR) is 75.3 cm³/mol. The van der Waals surface area contributed by atoms with Gasteiger partial charge in [0.1, 0.15) is 11.6 Å². The number of aromatic nitrogens is 1. The van der Waals surface area contributed by atoms with Crippen molar-refractivity contribution in [3.8, 4) is 0 Å². The van der Waals surface area contributed by atoms with Crippen LogP contribution in [0.4, 0.5) is 5.82 Å². The molecule has 102 valence electrons. The fraction of sp³-hybridized carbons (Fsp3) is 0. The number of amides is 1. The van der Waals surface area contributed by atoms with E-state index in [0.717, 1.165) is 0 Å². The molecule has 0 bridgehead atoms. The lowest BCUT2D eigenvalue weighted by Crippen LogP contribution is -2.09. The largest absolute Gasteiger partial charge is 0.478 e. The molecule has 0 atom stereocenters. The number of hydrogen-bond acceptors (Lipinski definition) is 4. The van der Waals surface area contributed by atoms with Gasteiger partial charge >= 0.3 is 5.97 Å². The number of nitrogens with one attached hydrogen (secondary N) is 1. The first-order chi connectivity index (χ1) is 9.54. The number of aromatic carboxylic acids is 1. The van der Waals surface area contributed by atoms with Gasteiger partial charge in [-0.3, -0.25) is 4.79 Å². The summed E-state index contributed by atoms with van der Waals surface area (Å²) < 4.78 is 5.77. The third kappa shape index (κ3) is 3.79. The molecule has 0 aliphatic rings. The van der Waals surface area contributed by atoms with Gasteiger partial charge in [0.15, 0.2) is 4.67 Å². The van der Waals surface area contributed by atoms with Gasteiger partial charge in [-0.15, -0.1) is 0 Å². The van der Waals surface area contributed by atoms with Crippen molar-refractivity contribution in [3.63, 3.8) is 0 Å². The Morgan fingerprint density at radius 1 is 1.30 bits per heavy atom. The van der Waals surface area contributed by atoms with Crippen LogP contribution in [0.5, 0.6) is 0 Å². The van der Waals surface area contributed by atoms with Crippen LogP contribution in [-0.4, -0.2) is 22.0 Å². The fourth-order valence-electron chi connectivity index (χ4n) is 1.34. The highest BCUT2D eigenvalue weighted by Crippen LogP contribution is 2.15. The average Bonchev–Trinajstić information content (AvgIpc) is 2.83. The van der Waals surface area contributed by atoms with Crippen molar-refractivity contribution in [2.45, 2.75) is 0 Å². The number of carbonyl (C=O) groups excluding carboxylic acids is 1. The summed E-state index contributed by atoms with van der Waals surface area (Å²) in [5, 5.41) is 11.2. The molecule has 1 amide bonds. The quantitative estimate of drug-likeness (QED) is 0.837. The second kappa shape index (κ2) is 6.16. The third-order valence-electron chi connectivity index (χ3n) is 2.25. The van der Waals surface area contributed by atoms with E-state index >= 15 is 0 Å². The van der Waals surface area contributed by atoms with Crippen LogP contribution in [0.15, 0.2) is 45.6 Å². The summed E-state index contributed by atoms with van der Waals surface area (Å²) in [7, 11) is 0. The molecule has 0 aliphatic heterocycles. The van der Waals surface area contributed by atoms with Crippen molar-refractivity contribution < 1.29 is 19.1 Å². The van der Waals surface area contributed by atoms with Gasteiger partial charge in [0.05, 0.1) is 5.56 Å². The molecule has 0 fully saturated rings. The number of pyridine rings is 1. The van der Waals surface area contributed by atoms with Crippen LogP contribution in [0.2, 0.25) is 0 Å². The monoisotopic (exact) mass is 336 g/mol. The number of hydrogen-bond donors (Lipinski definition) is 2. The molecule has 20 heavy (non-hydrogen) atoms. The molecule has 0 aromatic carbocycles. The van der Waals surface area contributed by atoms with Crippen molar-refractivity contribution in [1.82, 2.24) is 4.98 Å². The molecule has 0 unspecified atom stereocenters. The summed E-state index contributed by atoms with van der Waals surface area (Å²) in [6, 6.07) is 6.19. The maximum absolute atomic E-state index is 11.6. The summed E-state index contributed by atoms with van der Waals surface area (Å²) in [5.74, 6) is -0.668. The zero-order valence-corrected chi connectivity index (χ0v) is 11.6. The molecule has 2 heterocycles. The average molecular weight is 337 g/mol. The summed E-state index contributed by atoms with van der Waals surface area (Å²) in [4.78, 5) is 26.1. The lowest BCUT2D eigenvalue weighted by Gasteiger charge is -2.00. The first-order valence-corrected chi connectivity index (χ1v) is 6.27. The smallest absolute Gasteiger partial charge is 0.337 e.